The van der Waals surface area contributed by atoms with E-state index >= 15 is 0 Å². The van der Waals surface area contributed by atoms with Gasteiger partial charge in [0.05, 0.1) is 0 Å². The third-order valence-electron chi connectivity index (χ3n) is 1.22. The van der Waals surface area contributed by atoms with Crippen molar-refractivity contribution in [2.45, 2.75) is 12.3 Å². The Morgan fingerprint density at radius 1 is 1.45 bits per heavy atom. The van der Waals surface area contributed by atoms with Gasteiger partial charge in [-0.15, -0.1) is 0 Å². The summed E-state index contributed by atoms with van der Waals surface area (Å²) in [5, 5.41) is 3.12. The molecule has 0 aliphatic carbocycles. The van der Waals surface area contributed by atoms with Crippen LogP contribution in [0.25, 0.3) is 0 Å². The number of alkyl halides is 3. The summed E-state index contributed by atoms with van der Waals surface area (Å²) in [5.41, 5.74) is 0. The van der Waals surface area contributed by atoms with Gasteiger partial charge in [-0.1, -0.05) is 4.48 Å². The van der Waals surface area contributed by atoms with Gasteiger partial charge in [0.1, 0.15) is 6.34 Å². The van der Waals surface area contributed by atoms with E-state index in [2.05, 4.69) is 5.10 Å². The molecular weight excluding hydrogens is 166 g/mol. The molecule has 64 valence electrons. The fraction of sp³-hybridized carbons (Fsp3) is 0.750. The predicted octanol–water partition coefficient (Wildman–Crippen LogP) is 0.950. The topological polar surface area (TPSA) is 18.8 Å². The van der Waals surface area contributed by atoms with Gasteiger partial charge in [-0.25, -0.2) is 0 Å². The summed E-state index contributed by atoms with van der Waals surface area (Å²) in [6, 6.07) is 0. The van der Waals surface area contributed by atoms with Crippen LogP contribution in [0, 0.1) is 0 Å². The minimum absolute atomic E-state index is 0.484. The van der Waals surface area contributed by atoms with E-state index in [1.54, 1.807) is 0 Å². The number of nitrogens with zero attached hydrogens (tertiary/aromatic N) is 3. The van der Waals surface area contributed by atoms with E-state index in [1.165, 1.54) is 0 Å². The molecule has 0 bridgehead atoms. The highest BCUT2D eigenvalue weighted by Crippen LogP contribution is 2.28. The molecule has 0 saturated heterocycles. The zero-order chi connectivity index (χ0) is 8.65. The van der Waals surface area contributed by atoms with Crippen LogP contribution in [0.15, 0.2) is 5.10 Å². The summed E-state index contributed by atoms with van der Waals surface area (Å²) in [6.45, 7) is 0. The van der Waals surface area contributed by atoms with Gasteiger partial charge < -0.3 is 0 Å². The molecule has 0 aromatic carbocycles. The van der Waals surface area contributed by atoms with E-state index in [4.69, 9.17) is 0 Å². The van der Waals surface area contributed by atoms with Crippen LogP contribution in [-0.2, 0) is 0 Å². The Morgan fingerprint density at radius 3 is 2.18 bits per heavy atom. The second-order valence-electron chi connectivity index (χ2n) is 2.06. The number of rotatable bonds is 0. The molecule has 3 nitrogen and oxygen atoms in total. The molecule has 0 N–H and O–H groups in total. The third-order valence-corrected chi connectivity index (χ3v) is 1.22. The summed E-state index contributed by atoms with van der Waals surface area (Å²) in [5.74, 6) is 0. The molecule has 0 aromatic heterocycles. The van der Waals surface area contributed by atoms with Crippen molar-refractivity contribution in [2.24, 2.45) is 5.10 Å². The smallest absolute Gasteiger partial charge is 0.265 e. The minimum atomic E-state index is -4.62. The molecule has 7 heteroatoms. The Hall–Kier alpha value is -1.01. The SMILES string of the molecule is CN1N=CN(F)C1C(F)(F)F. The lowest BCUT2D eigenvalue weighted by Crippen LogP contribution is -2.45. The third kappa shape index (κ3) is 1.36. The molecule has 0 aromatic rings. The average molecular weight is 171 g/mol. The Morgan fingerprint density at radius 2 is 2.00 bits per heavy atom. The summed E-state index contributed by atoms with van der Waals surface area (Å²) >= 11 is 0. The van der Waals surface area contributed by atoms with Gasteiger partial charge in [0.25, 0.3) is 0 Å². The molecule has 1 unspecified atom stereocenters. The summed E-state index contributed by atoms with van der Waals surface area (Å²) in [7, 11) is 1.05. The minimum Gasteiger partial charge on any atom is -0.265 e. The Balaban J connectivity index is 2.74. The van der Waals surface area contributed by atoms with Crippen molar-refractivity contribution in [3.8, 4) is 0 Å². The van der Waals surface area contributed by atoms with Crippen molar-refractivity contribution in [3.05, 3.63) is 0 Å². The van der Waals surface area contributed by atoms with Crippen molar-refractivity contribution in [2.75, 3.05) is 7.05 Å². The van der Waals surface area contributed by atoms with Crippen LogP contribution in [-0.4, -0.2) is 35.9 Å². The van der Waals surface area contributed by atoms with E-state index in [9.17, 15) is 17.7 Å². The highest BCUT2D eigenvalue weighted by Gasteiger charge is 2.49. The fourth-order valence-electron chi connectivity index (χ4n) is 0.768. The van der Waals surface area contributed by atoms with Crippen molar-refractivity contribution in [1.82, 2.24) is 10.1 Å². The summed E-state index contributed by atoms with van der Waals surface area (Å²) in [4.78, 5) is 0. The van der Waals surface area contributed by atoms with Crippen LogP contribution >= 0.6 is 0 Å². The lowest BCUT2D eigenvalue weighted by Gasteiger charge is -2.23. The molecule has 0 fully saturated rings. The lowest BCUT2D eigenvalue weighted by atomic mass is 10.5. The maximum absolute atomic E-state index is 12.3. The zero-order valence-corrected chi connectivity index (χ0v) is 5.51. The van der Waals surface area contributed by atoms with Crippen LogP contribution in [0.3, 0.4) is 0 Å². The largest absolute Gasteiger partial charge is 0.431 e. The Labute approximate surface area is 59.8 Å². The fourth-order valence-corrected chi connectivity index (χ4v) is 0.768. The van der Waals surface area contributed by atoms with Gasteiger partial charge in [0, 0.05) is 7.05 Å². The van der Waals surface area contributed by atoms with E-state index < -0.39 is 17.5 Å². The highest BCUT2D eigenvalue weighted by molar-refractivity contribution is 5.55. The number of hydrogen-bond acceptors (Lipinski definition) is 3. The van der Waals surface area contributed by atoms with Crippen LogP contribution in [0.4, 0.5) is 17.7 Å². The van der Waals surface area contributed by atoms with Gasteiger partial charge >= 0.3 is 6.18 Å². The normalized spacial score (nSPS) is 25.0. The van der Waals surface area contributed by atoms with Crippen LogP contribution < -0.4 is 0 Å². The van der Waals surface area contributed by atoms with E-state index in [0.717, 1.165) is 7.05 Å². The lowest BCUT2D eigenvalue weighted by molar-refractivity contribution is -0.228. The maximum Gasteiger partial charge on any atom is 0.431 e. The molecular formula is C4H5F4N3. The maximum atomic E-state index is 12.3. The van der Waals surface area contributed by atoms with E-state index in [-0.39, 0.29) is 0 Å². The van der Waals surface area contributed by atoms with E-state index in [0.29, 0.717) is 11.3 Å². The summed E-state index contributed by atoms with van der Waals surface area (Å²) < 4.78 is 47.8. The van der Waals surface area contributed by atoms with Gasteiger partial charge in [-0.3, -0.25) is 5.01 Å². The van der Waals surface area contributed by atoms with Crippen LogP contribution in [0.2, 0.25) is 0 Å². The molecule has 0 spiro atoms. The first-order valence-corrected chi connectivity index (χ1v) is 2.70. The summed E-state index contributed by atoms with van der Waals surface area (Å²) in [6.07, 6.45) is -6.42. The first kappa shape index (κ1) is 8.09. The van der Waals surface area contributed by atoms with Crippen LogP contribution in [0.1, 0.15) is 0 Å². The highest BCUT2D eigenvalue weighted by atomic mass is 19.4. The van der Waals surface area contributed by atoms with E-state index in [1.807, 2.05) is 0 Å². The van der Waals surface area contributed by atoms with Gasteiger partial charge in [0.2, 0.25) is 6.17 Å². The van der Waals surface area contributed by atoms with Gasteiger partial charge in [-0.2, -0.15) is 23.4 Å². The number of hydrogen-bond donors (Lipinski definition) is 0. The zero-order valence-electron chi connectivity index (χ0n) is 5.51. The second-order valence-corrected chi connectivity index (χ2v) is 2.06. The first-order valence-electron chi connectivity index (χ1n) is 2.70. The standard InChI is InChI=1S/C4H5F4N3/c1-10-3(4(5,6)7)11(8)2-9-10/h2-3H,1H3. The Bertz CT molecular complexity index is 165. The molecule has 1 atom stereocenters. The second kappa shape index (κ2) is 2.24. The molecule has 1 rings (SSSR count). The molecule has 1 heterocycles. The monoisotopic (exact) mass is 171 g/mol. The molecule has 0 amide bonds. The predicted molar refractivity (Wildman–Crippen MR) is 29.0 cm³/mol. The van der Waals surface area contributed by atoms with Crippen molar-refractivity contribution in [3.63, 3.8) is 0 Å². The molecule has 11 heavy (non-hydrogen) atoms. The van der Waals surface area contributed by atoms with Crippen molar-refractivity contribution >= 4 is 6.34 Å². The van der Waals surface area contributed by atoms with Gasteiger partial charge in [0.15, 0.2) is 0 Å². The molecule has 1 aliphatic rings. The van der Waals surface area contributed by atoms with Crippen molar-refractivity contribution in [1.29, 1.82) is 0 Å². The quantitative estimate of drug-likeness (QED) is 0.399. The Kier molecular flexibility index (Phi) is 1.65. The molecule has 1 aliphatic heterocycles. The average Bonchev–Trinajstić information content (AvgIpc) is 2.08. The van der Waals surface area contributed by atoms with Gasteiger partial charge in [-0.05, 0) is 0 Å². The number of hydrazone groups is 1. The molecule has 0 radical (unpaired) electrons. The first-order chi connectivity index (χ1) is 4.93. The molecule has 0 saturated carbocycles. The number of halogens is 4. The van der Waals surface area contributed by atoms with Crippen molar-refractivity contribution < 1.29 is 17.7 Å². The van der Waals surface area contributed by atoms with Crippen LogP contribution in [0.5, 0.6) is 0 Å².